The molecule has 1 fully saturated rings. The van der Waals surface area contributed by atoms with Crippen molar-refractivity contribution in [1.29, 1.82) is 0 Å². The van der Waals surface area contributed by atoms with Gasteiger partial charge in [0.15, 0.2) is 5.76 Å². The quantitative estimate of drug-likeness (QED) is 0.872. The van der Waals surface area contributed by atoms with E-state index in [0.29, 0.717) is 11.5 Å². The fraction of sp³-hybridized carbons (Fsp3) is 0.786. The Hall–Kier alpha value is -0.870. The predicted octanol–water partition coefficient (Wildman–Crippen LogP) is 2.40. The summed E-state index contributed by atoms with van der Waals surface area (Å²) in [6.45, 7) is 12.9. The molecule has 1 N–H and O–H groups in total. The van der Waals surface area contributed by atoms with Gasteiger partial charge in [-0.05, 0) is 18.4 Å². The molecule has 2 heterocycles. The summed E-state index contributed by atoms with van der Waals surface area (Å²) >= 11 is 0. The lowest BCUT2D eigenvalue weighted by atomic mass is 9.93. The highest BCUT2D eigenvalue weighted by Gasteiger charge is 2.29. The first-order valence-corrected chi connectivity index (χ1v) is 6.85. The van der Waals surface area contributed by atoms with Gasteiger partial charge in [0, 0.05) is 25.2 Å². The molecule has 102 valence electrons. The smallest absolute Gasteiger partial charge is 0.151 e. The van der Waals surface area contributed by atoms with Crippen LogP contribution < -0.4 is 5.32 Å². The highest BCUT2D eigenvalue weighted by Crippen LogP contribution is 2.29. The second-order valence-corrected chi connectivity index (χ2v) is 6.45. The largest absolute Gasteiger partial charge is 0.360 e. The van der Waals surface area contributed by atoms with Crippen molar-refractivity contribution in [2.45, 2.75) is 53.2 Å². The first kappa shape index (κ1) is 13.6. The van der Waals surface area contributed by atoms with Gasteiger partial charge in [0.25, 0.3) is 0 Å². The molecule has 0 atom stereocenters. The van der Waals surface area contributed by atoms with E-state index in [1.54, 1.807) is 0 Å². The van der Waals surface area contributed by atoms with Crippen LogP contribution in [0.3, 0.4) is 0 Å². The molecule has 0 unspecified atom stereocenters. The van der Waals surface area contributed by atoms with Gasteiger partial charge in [0.05, 0.1) is 12.2 Å². The second-order valence-electron chi connectivity index (χ2n) is 6.45. The van der Waals surface area contributed by atoms with Crippen molar-refractivity contribution in [1.82, 2.24) is 15.4 Å². The Kier molecular flexibility index (Phi) is 4.07. The average Bonchev–Trinajstić information content (AvgIpc) is 2.83. The fourth-order valence-electron chi connectivity index (χ4n) is 2.40. The summed E-state index contributed by atoms with van der Waals surface area (Å²) in [5, 5.41) is 7.45. The lowest BCUT2D eigenvalue weighted by Gasteiger charge is -2.18. The molecule has 0 spiro atoms. The van der Waals surface area contributed by atoms with Crippen LogP contribution in [0, 0.1) is 5.41 Å². The zero-order chi connectivity index (χ0) is 13.2. The average molecular weight is 251 g/mol. The summed E-state index contributed by atoms with van der Waals surface area (Å²) < 4.78 is 5.40. The molecule has 4 heteroatoms. The van der Waals surface area contributed by atoms with E-state index in [2.05, 4.69) is 49.1 Å². The van der Waals surface area contributed by atoms with Crippen LogP contribution in [-0.4, -0.2) is 29.2 Å². The molecule has 0 aromatic carbocycles. The van der Waals surface area contributed by atoms with Gasteiger partial charge in [-0.3, -0.25) is 4.90 Å². The van der Waals surface area contributed by atoms with Crippen LogP contribution in [0.25, 0.3) is 0 Å². The van der Waals surface area contributed by atoms with E-state index in [1.807, 2.05) is 0 Å². The van der Waals surface area contributed by atoms with Gasteiger partial charge >= 0.3 is 0 Å². The van der Waals surface area contributed by atoms with E-state index in [0.717, 1.165) is 37.6 Å². The Morgan fingerprint density at radius 1 is 1.50 bits per heavy atom. The van der Waals surface area contributed by atoms with Crippen LogP contribution in [0.1, 0.15) is 45.6 Å². The zero-order valence-electron chi connectivity index (χ0n) is 12.0. The molecule has 18 heavy (non-hydrogen) atoms. The third-order valence-electron chi connectivity index (χ3n) is 3.44. The van der Waals surface area contributed by atoms with Gasteiger partial charge in [-0.15, -0.1) is 0 Å². The first-order valence-electron chi connectivity index (χ1n) is 6.85. The standard InChI is InChI=1S/C14H25N3O/c1-11(2)15-8-12-7-13(18-16-12)9-17-6-5-14(3,4)10-17/h7,11,15H,5-6,8-10H2,1-4H3. The maximum Gasteiger partial charge on any atom is 0.151 e. The summed E-state index contributed by atoms with van der Waals surface area (Å²) in [5.74, 6) is 0.980. The maximum absolute atomic E-state index is 5.40. The third kappa shape index (κ3) is 3.82. The summed E-state index contributed by atoms with van der Waals surface area (Å²) in [5.41, 5.74) is 1.44. The van der Waals surface area contributed by atoms with Crippen LogP contribution in [0.2, 0.25) is 0 Å². The normalized spacial score (nSPS) is 19.8. The van der Waals surface area contributed by atoms with Gasteiger partial charge < -0.3 is 9.84 Å². The van der Waals surface area contributed by atoms with E-state index in [1.165, 1.54) is 6.42 Å². The fourth-order valence-corrected chi connectivity index (χ4v) is 2.40. The molecule has 0 bridgehead atoms. The summed E-state index contributed by atoms with van der Waals surface area (Å²) in [6, 6.07) is 2.55. The van der Waals surface area contributed by atoms with Crippen LogP contribution >= 0.6 is 0 Å². The number of nitrogens with one attached hydrogen (secondary N) is 1. The van der Waals surface area contributed by atoms with E-state index in [4.69, 9.17) is 4.52 Å². The van der Waals surface area contributed by atoms with Gasteiger partial charge in [0.1, 0.15) is 0 Å². The highest BCUT2D eigenvalue weighted by molar-refractivity contribution is 5.05. The molecular weight excluding hydrogens is 226 g/mol. The van der Waals surface area contributed by atoms with Crippen LogP contribution in [-0.2, 0) is 13.1 Å². The van der Waals surface area contributed by atoms with Crippen LogP contribution in [0.4, 0.5) is 0 Å². The molecule has 1 aliphatic heterocycles. The molecule has 0 saturated carbocycles. The van der Waals surface area contributed by atoms with Gasteiger partial charge in [-0.1, -0.05) is 32.9 Å². The SMILES string of the molecule is CC(C)NCc1cc(CN2CCC(C)(C)C2)on1. The van der Waals surface area contributed by atoms with E-state index >= 15 is 0 Å². The maximum atomic E-state index is 5.40. The molecule has 4 nitrogen and oxygen atoms in total. The molecule has 0 radical (unpaired) electrons. The van der Waals surface area contributed by atoms with Crippen molar-refractivity contribution < 1.29 is 4.52 Å². The van der Waals surface area contributed by atoms with Gasteiger partial charge in [-0.2, -0.15) is 0 Å². The number of nitrogens with zero attached hydrogens (tertiary/aromatic N) is 2. The Balaban J connectivity index is 1.83. The van der Waals surface area contributed by atoms with Gasteiger partial charge in [0.2, 0.25) is 0 Å². The minimum Gasteiger partial charge on any atom is -0.360 e. The van der Waals surface area contributed by atoms with E-state index < -0.39 is 0 Å². The number of rotatable bonds is 5. The first-order chi connectivity index (χ1) is 8.44. The van der Waals surface area contributed by atoms with Crippen LogP contribution in [0.5, 0.6) is 0 Å². The predicted molar refractivity (Wildman–Crippen MR) is 72.2 cm³/mol. The number of hydrogen-bond donors (Lipinski definition) is 1. The molecule has 1 aromatic heterocycles. The summed E-state index contributed by atoms with van der Waals surface area (Å²) in [4.78, 5) is 2.44. The lowest BCUT2D eigenvalue weighted by Crippen LogP contribution is -2.22. The van der Waals surface area contributed by atoms with Crippen molar-refractivity contribution >= 4 is 0 Å². The summed E-state index contributed by atoms with van der Waals surface area (Å²) in [6.07, 6.45) is 1.27. The Morgan fingerprint density at radius 2 is 2.28 bits per heavy atom. The van der Waals surface area contributed by atoms with Crippen LogP contribution in [0.15, 0.2) is 10.6 Å². The van der Waals surface area contributed by atoms with Crippen molar-refractivity contribution in [3.8, 4) is 0 Å². The monoisotopic (exact) mass is 251 g/mol. The molecule has 0 amide bonds. The zero-order valence-corrected chi connectivity index (χ0v) is 12.0. The Morgan fingerprint density at radius 3 is 2.89 bits per heavy atom. The minimum atomic E-state index is 0.446. The molecular formula is C14H25N3O. The van der Waals surface area contributed by atoms with Crippen molar-refractivity contribution in [2.24, 2.45) is 5.41 Å². The molecule has 1 aliphatic rings. The minimum absolute atomic E-state index is 0.446. The van der Waals surface area contributed by atoms with Crippen molar-refractivity contribution in [3.05, 3.63) is 17.5 Å². The lowest BCUT2D eigenvalue weighted by molar-refractivity contribution is 0.248. The van der Waals surface area contributed by atoms with Gasteiger partial charge in [-0.25, -0.2) is 0 Å². The molecule has 2 rings (SSSR count). The Bertz CT molecular complexity index is 384. The number of likely N-dealkylation sites (tertiary alicyclic amines) is 1. The molecule has 0 aliphatic carbocycles. The second kappa shape index (κ2) is 5.41. The van der Waals surface area contributed by atoms with Crippen molar-refractivity contribution in [2.75, 3.05) is 13.1 Å². The summed E-state index contributed by atoms with van der Waals surface area (Å²) in [7, 11) is 0. The topological polar surface area (TPSA) is 41.3 Å². The number of aromatic nitrogens is 1. The molecule has 1 aromatic rings. The third-order valence-corrected chi connectivity index (χ3v) is 3.44. The Labute approximate surface area is 110 Å². The number of hydrogen-bond acceptors (Lipinski definition) is 4. The van der Waals surface area contributed by atoms with Crippen molar-refractivity contribution in [3.63, 3.8) is 0 Å². The highest BCUT2D eigenvalue weighted by atomic mass is 16.5. The molecule has 1 saturated heterocycles. The van der Waals surface area contributed by atoms with E-state index in [-0.39, 0.29) is 0 Å². The van der Waals surface area contributed by atoms with E-state index in [9.17, 15) is 0 Å².